The van der Waals surface area contributed by atoms with Crippen LogP contribution in [0, 0.1) is 0 Å². The van der Waals surface area contributed by atoms with Crippen LogP contribution in [0.25, 0.3) is 16.8 Å². The third-order valence-corrected chi connectivity index (χ3v) is 3.66. The third kappa shape index (κ3) is 1.94. The molecule has 1 aromatic carbocycles. The van der Waals surface area contributed by atoms with Crippen molar-refractivity contribution in [1.29, 1.82) is 0 Å². The lowest BCUT2D eigenvalue weighted by Crippen LogP contribution is -2.08. The van der Waals surface area contributed by atoms with Crippen LogP contribution in [0.5, 0.6) is 5.88 Å². The van der Waals surface area contributed by atoms with E-state index in [0.717, 1.165) is 22.6 Å². The van der Waals surface area contributed by atoms with Crippen molar-refractivity contribution in [2.24, 2.45) is 0 Å². The van der Waals surface area contributed by atoms with Crippen molar-refractivity contribution in [2.45, 2.75) is 6.61 Å². The Labute approximate surface area is 122 Å². The molecule has 1 aliphatic rings. The largest absolute Gasteiger partial charge is 0.472 e. The molecule has 0 saturated carbocycles. The fraction of sp³-hybridized carbons (Fsp3) is 0.125. The van der Waals surface area contributed by atoms with Gasteiger partial charge in [-0.3, -0.25) is 0 Å². The van der Waals surface area contributed by atoms with Crippen LogP contribution in [0.2, 0.25) is 0 Å². The van der Waals surface area contributed by atoms with Crippen LogP contribution in [-0.4, -0.2) is 21.6 Å². The van der Waals surface area contributed by atoms with Crippen LogP contribution in [0.3, 0.4) is 0 Å². The van der Waals surface area contributed by atoms with Crippen LogP contribution < -0.4 is 10.1 Å². The highest BCUT2D eigenvalue weighted by molar-refractivity contribution is 5.75. The van der Waals surface area contributed by atoms with Crippen molar-refractivity contribution < 1.29 is 4.74 Å². The van der Waals surface area contributed by atoms with Gasteiger partial charge in [-0.15, -0.1) is 0 Å². The van der Waals surface area contributed by atoms with Gasteiger partial charge in [0.1, 0.15) is 12.4 Å². The monoisotopic (exact) mass is 278 g/mol. The number of benzene rings is 1. The summed E-state index contributed by atoms with van der Waals surface area (Å²) in [6.07, 6.45) is 5.49. The maximum Gasteiger partial charge on any atom is 0.223 e. The molecule has 0 fully saturated rings. The molecular weight excluding hydrogens is 264 g/mol. The molecule has 1 aliphatic heterocycles. The van der Waals surface area contributed by atoms with Gasteiger partial charge in [0.15, 0.2) is 0 Å². The number of hydrogen-bond donors (Lipinski definition) is 1. The van der Waals surface area contributed by atoms with Gasteiger partial charge in [-0.05, 0) is 35.4 Å². The summed E-state index contributed by atoms with van der Waals surface area (Å²) >= 11 is 0. The first-order valence-electron chi connectivity index (χ1n) is 6.78. The quantitative estimate of drug-likeness (QED) is 0.783. The SMILES string of the molecule is CNc1ccc2c(n1)OCc1cc(-n3ccnc3)ccc1-2. The molecule has 21 heavy (non-hydrogen) atoms. The van der Waals surface area contributed by atoms with E-state index in [9.17, 15) is 0 Å². The molecule has 0 bridgehead atoms. The zero-order valence-electron chi connectivity index (χ0n) is 11.6. The molecule has 4 rings (SSSR count). The summed E-state index contributed by atoms with van der Waals surface area (Å²) in [4.78, 5) is 8.53. The molecule has 5 nitrogen and oxygen atoms in total. The predicted molar refractivity (Wildman–Crippen MR) is 80.7 cm³/mol. The Balaban J connectivity index is 1.81. The Kier molecular flexibility index (Phi) is 2.64. The number of ether oxygens (including phenoxy) is 1. The minimum Gasteiger partial charge on any atom is -0.472 e. The molecule has 0 aliphatic carbocycles. The minimum atomic E-state index is 0.533. The van der Waals surface area contributed by atoms with E-state index in [4.69, 9.17) is 4.74 Å². The van der Waals surface area contributed by atoms with E-state index < -0.39 is 0 Å². The number of hydrogen-bond acceptors (Lipinski definition) is 4. The molecule has 1 N–H and O–H groups in total. The van der Waals surface area contributed by atoms with Crippen LogP contribution >= 0.6 is 0 Å². The van der Waals surface area contributed by atoms with Crippen molar-refractivity contribution in [3.8, 4) is 22.7 Å². The molecule has 2 aromatic heterocycles. The lowest BCUT2D eigenvalue weighted by Gasteiger charge is -2.21. The average molecular weight is 278 g/mol. The summed E-state index contributed by atoms with van der Waals surface area (Å²) in [5.41, 5.74) is 4.45. The number of fused-ring (bicyclic) bond motifs is 3. The summed E-state index contributed by atoms with van der Waals surface area (Å²) in [5.74, 6) is 1.50. The molecule has 3 aromatic rings. The summed E-state index contributed by atoms with van der Waals surface area (Å²) in [5, 5.41) is 3.03. The Morgan fingerprint density at radius 3 is 2.90 bits per heavy atom. The molecule has 0 radical (unpaired) electrons. The fourth-order valence-electron chi connectivity index (χ4n) is 2.58. The summed E-state index contributed by atoms with van der Waals surface area (Å²) in [6, 6.07) is 10.3. The third-order valence-electron chi connectivity index (χ3n) is 3.66. The molecule has 3 heterocycles. The topological polar surface area (TPSA) is 52.0 Å². The van der Waals surface area contributed by atoms with Crippen LogP contribution in [0.4, 0.5) is 5.82 Å². The van der Waals surface area contributed by atoms with E-state index in [0.29, 0.717) is 12.5 Å². The van der Waals surface area contributed by atoms with E-state index in [1.54, 1.807) is 12.5 Å². The van der Waals surface area contributed by atoms with Crippen molar-refractivity contribution in [1.82, 2.24) is 14.5 Å². The predicted octanol–water partition coefficient (Wildman–Crippen LogP) is 2.87. The van der Waals surface area contributed by atoms with E-state index >= 15 is 0 Å². The molecule has 0 unspecified atom stereocenters. The Morgan fingerprint density at radius 2 is 2.10 bits per heavy atom. The standard InChI is InChI=1S/C16H14N4O/c1-17-15-5-4-14-13-3-2-12(20-7-6-18-10-20)8-11(13)9-21-16(14)19-15/h2-8,10H,9H2,1H3,(H,17,19). The summed E-state index contributed by atoms with van der Waals surface area (Å²) in [6.45, 7) is 0.533. The second-order valence-corrected chi connectivity index (χ2v) is 4.90. The Morgan fingerprint density at radius 1 is 1.19 bits per heavy atom. The smallest absolute Gasteiger partial charge is 0.223 e. The number of nitrogens with zero attached hydrogens (tertiary/aromatic N) is 3. The van der Waals surface area contributed by atoms with E-state index in [2.05, 4.69) is 33.5 Å². The summed E-state index contributed by atoms with van der Waals surface area (Å²) < 4.78 is 7.77. The second kappa shape index (κ2) is 4.63. The lowest BCUT2D eigenvalue weighted by molar-refractivity contribution is 0.290. The second-order valence-electron chi connectivity index (χ2n) is 4.90. The molecule has 0 atom stereocenters. The first kappa shape index (κ1) is 12.0. The van der Waals surface area contributed by atoms with Crippen molar-refractivity contribution in [2.75, 3.05) is 12.4 Å². The van der Waals surface area contributed by atoms with Gasteiger partial charge >= 0.3 is 0 Å². The molecule has 104 valence electrons. The number of nitrogens with one attached hydrogen (secondary N) is 1. The van der Waals surface area contributed by atoms with Crippen LogP contribution in [0.1, 0.15) is 5.56 Å². The number of pyridine rings is 1. The normalized spacial score (nSPS) is 12.2. The van der Waals surface area contributed by atoms with E-state index in [1.807, 2.05) is 29.9 Å². The maximum absolute atomic E-state index is 5.79. The van der Waals surface area contributed by atoms with Gasteiger partial charge in [0.2, 0.25) is 5.88 Å². The lowest BCUT2D eigenvalue weighted by atomic mass is 9.98. The highest BCUT2D eigenvalue weighted by Gasteiger charge is 2.19. The zero-order chi connectivity index (χ0) is 14.2. The van der Waals surface area contributed by atoms with Crippen molar-refractivity contribution in [3.05, 3.63) is 54.6 Å². The zero-order valence-corrected chi connectivity index (χ0v) is 11.6. The number of anilines is 1. The van der Waals surface area contributed by atoms with E-state index in [1.165, 1.54) is 5.56 Å². The van der Waals surface area contributed by atoms with Gasteiger partial charge in [0, 0.05) is 30.7 Å². The van der Waals surface area contributed by atoms with Gasteiger partial charge in [-0.2, -0.15) is 4.98 Å². The molecular formula is C16H14N4O. The maximum atomic E-state index is 5.79. The van der Waals surface area contributed by atoms with Gasteiger partial charge < -0.3 is 14.6 Å². The molecule has 5 heteroatoms. The number of rotatable bonds is 2. The first-order valence-corrected chi connectivity index (χ1v) is 6.78. The van der Waals surface area contributed by atoms with Gasteiger partial charge in [-0.1, -0.05) is 6.07 Å². The van der Waals surface area contributed by atoms with Crippen LogP contribution in [0.15, 0.2) is 49.1 Å². The number of imidazole rings is 1. The first-order chi connectivity index (χ1) is 10.3. The molecule has 0 amide bonds. The van der Waals surface area contributed by atoms with Crippen LogP contribution in [-0.2, 0) is 6.61 Å². The minimum absolute atomic E-state index is 0.533. The highest BCUT2D eigenvalue weighted by atomic mass is 16.5. The van der Waals surface area contributed by atoms with Crippen molar-refractivity contribution in [3.63, 3.8) is 0 Å². The van der Waals surface area contributed by atoms with Gasteiger partial charge in [0.05, 0.1) is 6.33 Å². The van der Waals surface area contributed by atoms with Gasteiger partial charge in [0.25, 0.3) is 0 Å². The van der Waals surface area contributed by atoms with E-state index in [-0.39, 0.29) is 0 Å². The molecule has 0 spiro atoms. The van der Waals surface area contributed by atoms with Crippen molar-refractivity contribution >= 4 is 5.82 Å². The number of aromatic nitrogens is 3. The fourth-order valence-corrected chi connectivity index (χ4v) is 2.58. The highest BCUT2D eigenvalue weighted by Crippen LogP contribution is 2.37. The summed E-state index contributed by atoms with van der Waals surface area (Å²) in [7, 11) is 1.85. The van der Waals surface area contributed by atoms with Gasteiger partial charge in [-0.25, -0.2) is 4.98 Å². The molecule has 0 saturated heterocycles. The Hall–Kier alpha value is -2.82. The average Bonchev–Trinajstić information content (AvgIpc) is 3.08. The Bertz CT molecular complexity index is 796.